The molecule has 186 valence electrons. The second kappa shape index (κ2) is 14.9. The number of rotatable bonds is 7. The van der Waals surface area contributed by atoms with Crippen molar-refractivity contribution < 1.29 is 24.2 Å². The summed E-state index contributed by atoms with van der Waals surface area (Å²) in [6.45, 7) is 12.5. The summed E-state index contributed by atoms with van der Waals surface area (Å²) in [5.41, 5.74) is 1.22. The zero-order chi connectivity index (χ0) is 25.7. The molecule has 1 amide bonds. The van der Waals surface area contributed by atoms with Gasteiger partial charge in [-0.1, -0.05) is 41.0 Å². The van der Waals surface area contributed by atoms with E-state index in [0.717, 1.165) is 18.5 Å². The number of nitrogens with one attached hydrogen (secondary N) is 1. The molecule has 6 nitrogen and oxygen atoms in total. The average Bonchev–Trinajstić information content (AvgIpc) is 2.86. The standard InChI is InChI=1S/C25H31NO4.C2H6.CH2O/c1-4-18-6-5-16(2)24(17(18)3)25(29)26-20-9-13-22(14-10-20)30-15-23(28)19-7-11-21(27)12-8-19;2*1-2/h7-14,16-18,24,27H,4-6,15H2,1-3H3,(H,26,29);1-2H3;1H2. The first-order valence-electron chi connectivity index (χ1n) is 12.0. The molecule has 2 N–H and O–H groups in total. The van der Waals surface area contributed by atoms with Gasteiger partial charge in [-0.2, -0.15) is 0 Å². The molecule has 0 saturated heterocycles. The lowest BCUT2D eigenvalue weighted by Crippen LogP contribution is -2.39. The molecular formula is C28H39NO5. The van der Waals surface area contributed by atoms with Crippen molar-refractivity contribution >= 4 is 24.2 Å². The smallest absolute Gasteiger partial charge is 0.228 e. The Morgan fingerprint density at radius 3 is 2.15 bits per heavy atom. The van der Waals surface area contributed by atoms with Crippen molar-refractivity contribution in [2.75, 3.05) is 11.9 Å². The van der Waals surface area contributed by atoms with Crippen LogP contribution in [-0.2, 0) is 9.59 Å². The summed E-state index contributed by atoms with van der Waals surface area (Å²) < 4.78 is 5.57. The lowest BCUT2D eigenvalue weighted by atomic mass is 9.66. The summed E-state index contributed by atoms with van der Waals surface area (Å²) >= 11 is 0. The molecule has 0 bridgehead atoms. The van der Waals surface area contributed by atoms with Gasteiger partial charge in [0, 0.05) is 17.2 Å². The van der Waals surface area contributed by atoms with E-state index < -0.39 is 0 Å². The normalized spacial score (nSPS) is 21.1. The first kappa shape index (κ1) is 28.9. The highest BCUT2D eigenvalue weighted by molar-refractivity contribution is 5.97. The molecule has 2 aromatic carbocycles. The predicted molar refractivity (Wildman–Crippen MR) is 136 cm³/mol. The minimum absolute atomic E-state index is 0.0301. The van der Waals surface area contributed by atoms with Crippen molar-refractivity contribution in [3.63, 3.8) is 0 Å². The van der Waals surface area contributed by atoms with Crippen LogP contribution in [0.2, 0.25) is 0 Å². The minimum Gasteiger partial charge on any atom is -0.508 e. The Kier molecular flexibility index (Phi) is 12.6. The van der Waals surface area contributed by atoms with Gasteiger partial charge in [0.25, 0.3) is 0 Å². The Balaban J connectivity index is 0.00000137. The number of carbonyl (C=O) groups is 3. The second-order valence-electron chi connectivity index (χ2n) is 8.38. The van der Waals surface area contributed by atoms with Crippen molar-refractivity contribution in [3.05, 3.63) is 54.1 Å². The number of benzene rings is 2. The number of anilines is 1. The van der Waals surface area contributed by atoms with Gasteiger partial charge in [-0.25, -0.2) is 0 Å². The fraction of sp³-hybridized carbons (Fsp3) is 0.464. The molecular weight excluding hydrogens is 430 g/mol. The van der Waals surface area contributed by atoms with Gasteiger partial charge < -0.3 is 20.0 Å². The average molecular weight is 470 g/mol. The molecule has 0 heterocycles. The van der Waals surface area contributed by atoms with E-state index in [9.17, 15) is 14.7 Å². The van der Waals surface area contributed by atoms with Crippen LogP contribution in [0.15, 0.2) is 48.5 Å². The van der Waals surface area contributed by atoms with Crippen LogP contribution < -0.4 is 10.1 Å². The van der Waals surface area contributed by atoms with Gasteiger partial charge in [-0.05, 0) is 79.1 Å². The molecule has 2 aromatic rings. The van der Waals surface area contributed by atoms with Crippen molar-refractivity contribution in [2.45, 2.75) is 53.9 Å². The number of phenols is 1. The predicted octanol–water partition coefficient (Wildman–Crippen LogP) is 6.14. The summed E-state index contributed by atoms with van der Waals surface area (Å²) in [6.07, 6.45) is 3.42. The molecule has 3 rings (SSSR count). The molecule has 6 heteroatoms. The monoisotopic (exact) mass is 469 g/mol. The Morgan fingerprint density at radius 1 is 1.00 bits per heavy atom. The fourth-order valence-electron chi connectivity index (χ4n) is 4.54. The molecule has 1 aliphatic rings. The van der Waals surface area contributed by atoms with Gasteiger partial charge >= 0.3 is 0 Å². The van der Waals surface area contributed by atoms with Crippen LogP contribution in [0.5, 0.6) is 11.5 Å². The van der Waals surface area contributed by atoms with Crippen molar-refractivity contribution in [1.82, 2.24) is 0 Å². The second-order valence-corrected chi connectivity index (χ2v) is 8.38. The summed E-state index contributed by atoms with van der Waals surface area (Å²) in [5.74, 6) is 2.00. The maximum absolute atomic E-state index is 12.9. The molecule has 0 aliphatic heterocycles. The van der Waals surface area contributed by atoms with Crippen LogP contribution in [0, 0.1) is 23.7 Å². The SMILES string of the molecule is C=O.CC.CCC1CCC(C)C(C(=O)Nc2ccc(OCC(=O)c3ccc(O)cc3)cc2)C1C. The van der Waals surface area contributed by atoms with Crippen LogP contribution in [0.4, 0.5) is 5.69 Å². The molecule has 34 heavy (non-hydrogen) atoms. The van der Waals surface area contributed by atoms with Gasteiger partial charge in [0.05, 0.1) is 0 Å². The number of ether oxygens (including phenoxy) is 1. The van der Waals surface area contributed by atoms with E-state index in [0.29, 0.717) is 29.1 Å². The Labute approximate surface area is 203 Å². The summed E-state index contributed by atoms with van der Waals surface area (Å²) in [4.78, 5) is 33.1. The van der Waals surface area contributed by atoms with Crippen LogP contribution >= 0.6 is 0 Å². The van der Waals surface area contributed by atoms with E-state index in [2.05, 4.69) is 26.1 Å². The van der Waals surface area contributed by atoms with Gasteiger partial charge in [0.15, 0.2) is 12.4 Å². The molecule has 4 atom stereocenters. The summed E-state index contributed by atoms with van der Waals surface area (Å²) in [5, 5.41) is 12.4. The third-order valence-electron chi connectivity index (χ3n) is 6.42. The summed E-state index contributed by atoms with van der Waals surface area (Å²) in [6, 6.07) is 13.2. The maximum Gasteiger partial charge on any atom is 0.228 e. The molecule has 1 aliphatic carbocycles. The van der Waals surface area contributed by atoms with Gasteiger partial charge in [-0.15, -0.1) is 0 Å². The van der Waals surface area contributed by atoms with Gasteiger partial charge in [0.2, 0.25) is 5.91 Å². The molecule has 4 unspecified atom stereocenters. The van der Waals surface area contributed by atoms with Crippen molar-refractivity contribution in [1.29, 1.82) is 0 Å². The number of phenolic OH excluding ortho intramolecular Hbond substituents is 1. The highest BCUT2D eigenvalue weighted by Crippen LogP contribution is 2.40. The van der Waals surface area contributed by atoms with Crippen LogP contribution in [0.1, 0.15) is 64.2 Å². The Hall–Kier alpha value is -3.15. The molecule has 1 saturated carbocycles. The summed E-state index contributed by atoms with van der Waals surface area (Å²) in [7, 11) is 0. The van der Waals surface area contributed by atoms with Crippen LogP contribution in [0.25, 0.3) is 0 Å². The number of hydrogen-bond acceptors (Lipinski definition) is 5. The van der Waals surface area contributed by atoms with Crippen molar-refractivity contribution in [2.24, 2.45) is 23.7 Å². The number of ketones is 1. The van der Waals surface area contributed by atoms with E-state index in [4.69, 9.17) is 9.53 Å². The quantitative estimate of drug-likeness (QED) is 0.475. The fourth-order valence-corrected chi connectivity index (χ4v) is 4.54. The minimum atomic E-state index is -0.168. The van der Waals surface area contributed by atoms with Crippen molar-refractivity contribution in [3.8, 4) is 11.5 Å². The largest absolute Gasteiger partial charge is 0.508 e. The van der Waals surface area contributed by atoms with Gasteiger partial charge in [0.1, 0.15) is 18.3 Å². The lowest BCUT2D eigenvalue weighted by molar-refractivity contribution is -0.125. The number of hydrogen-bond donors (Lipinski definition) is 2. The third kappa shape index (κ3) is 8.01. The number of Topliss-reactive ketones (excluding diaryl/α,β-unsaturated/α-hetero) is 1. The lowest BCUT2D eigenvalue weighted by Gasteiger charge is -2.39. The van der Waals surface area contributed by atoms with Crippen LogP contribution in [-0.4, -0.2) is 30.2 Å². The highest BCUT2D eigenvalue weighted by atomic mass is 16.5. The van der Waals surface area contributed by atoms with E-state index >= 15 is 0 Å². The van der Waals surface area contributed by atoms with Gasteiger partial charge in [-0.3, -0.25) is 9.59 Å². The van der Waals surface area contributed by atoms with E-state index in [1.807, 2.05) is 20.6 Å². The third-order valence-corrected chi connectivity index (χ3v) is 6.42. The van der Waals surface area contributed by atoms with E-state index in [1.165, 1.54) is 18.6 Å². The zero-order valence-corrected chi connectivity index (χ0v) is 21.0. The Morgan fingerprint density at radius 2 is 1.59 bits per heavy atom. The Bertz CT molecular complexity index is 879. The zero-order valence-electron chi connectivity index (χ0n) is 21.0. The highest BCUT2D eigenvalue weighted by Gasteiger charge is 2.38. The first-order chi connectivity index (χ1) is 16.4. The topological polar surface area (TPSA) is 92.7 Å². The molecule has 0 spiro atoms. The first-order valence-corrected chi connectivity index (χ1v) is 12.0. The molecule has 0 radical (unpaired) electrons. The molecule has 0 aromatic heterocycles. The van der Waals surface area contributed by atoms with E-state index in [-0.39, 0.29) is 30.0 Å². The van der Waals surface area contributed by atoms with E-state index in [1.54, 1.807) is 36.4 Å². The van der Waals surface area contributed by atoms with Crippen LogP contribution in [0.3, 0.4) is 0 Å². The maximum atomic E-state index is 12.9. The molecule has 1 fully saturated rings. The number of amides is 1. The number of aromatic hydroxyl groups is 1. The number of carbonyl (C=O) groups excluding carboxylic acids is 3.